The molecular formula is C16H34O5S. The molecule has 1 N–H and O–H groups in total. The molecule has 0 amide bonds. The molecule has 0 aromatic carbocycles. The van der Waals surface area contributed by atoms with Gasteiger partial charge in [0.25, 0.3) is 0 Å². The zero-order valence-electron chi connectivity index (χ0n) is 14.3. The molecule has 0 aromatic heterocycles. The normalized spacial score (nSPS) is 13.4. The van der Waals surface area contributed by atoms with E-state index in [1.165, 1.54) is 51.4 Å². The van der Waals surface area contributed by atoms with Crippen molar-refractivity contribution in [2.75, 3.05) is 6.61 Å². The van der Waals surface area contributed by atoms with Crippen LogP contribution in [-0.4, -0.2) is 25.9 Å². The van der Waals surface area contributed by atoms with Crippen molar-refractivity contribution in [2.24, 2.45) is 0 Å². The topological polar surface area (TPSA) is 72.8 Å². The zero-order chi connectivity index (χ0) is 16.7. The Labute approximate surface area is 136 Å². The van der Waals surface area contributed by atoms with Crippen molar-refractivity contribution < 1.29 is 21.9 Å². The third kappa shape index (κ3) is 16.2. The lowest BCUT2D eigenvalue weighted by Gasteiger charge is -2.14. The zero-order valence-corrected chi connectivity index (χ0v) is 15.1. The maximum atomic E-state index is 10.7. The van der Waals surface area contributed by atoms with Crippen molar-refractivity contribution in [1.29, 1.82) is 0 Å². The summed E-state index contributed by atoms with van der Waals surface area (Å²) in [5.74, 6) is 0. The summed E-state index contributed by atoms with van der Waals surface area (Å²) in [6.45, 7) is 4.36. The Bertz CT molecular complexity index is 329. The molecule has 0 heterocycles. The van der Waals surface area contributed by atoms with E-state index in [-0.39, 0.29) is 0 Å². The van der Waals surface area contributed by atoms with E-state index >= 15 is 0 Å². The number of unbranched alkanes of at least 4 members (excludes halogenated alkanes) is 10. The molecule has 1 atom stereocenters. The third-order valence-corrected chi connectivity index (χ3v) is 4.08. The smallest absolute Gasteiger partial charge is 0.352 e. The van der Waals surface area contributed by atoms with E-state index in [0.717, 1.165) is 19.3 Å². The summed E-state index contributed by atoms with van der Waals surface area (Å²) < 4.78 is 39.6. The minimum Gasteiger partial charge on any atom is -0.352 e. The highest BCUT2D eigenvalue weighted by molar-refractivity contribution is 7.80. The summed E-state index contributed by atoms with van der Waals surface area (Å²) in [5.41, 5.74) is 0. The lowest BCUT2D eigenvalue weighted by molar-refractivity contribution is -0.0818. The second-order valence-corrected chi connectivity index (χ2v) is 6.78. The predicted molar refractivity (Wildman–Crippen MR) is 89.1 cm³/mol. The van der Waals surface area contributed by atoms with Crippen molar-refractivity contribution in [3.05, 3.63) is 0 Å². The van der Waals surface area contributed by atoms with Gasteiger partial charge in [-0.05, 0) is 19.8 Å². The van der Waals surface area contributed by atoms with Crippen LogP contribution in [0.3, 0.4) is 0 Å². The monoisotopic (exact) mass is 338 g/mol. The summed E-state index contributed by atoms with van der Waals surface area (Å²) >= 11 is 0. The standard InChI is InChI=1S/C16H34O5S/c1-3-5-6-7-8-9-10-11-12-13-14-15-16(20-4-2)21-22(17,18)19/h16H,3-15H2,1-2H3,(H,17,18,19). The highest BCUT2D eigenvalue weighted by atomic mass is 32.3. The van der Waals surface area contributed by atoms with Gasteiger partial charge in [0.1, 0.15) is 0 Å². The molecule has 0 rings (SSSR count). The number of hydrogen-bond acceptors (Lipinski definition) is 4. The second kappa shape index (κ2) is 14.4. The van der Waals surface area contributed by atoms with Crippen LogP contribution in [0.4, 0.5) is 0 Å². The largest absolute Gasteiger partial charge is 0.399 e. The van der Waals surface area contributed by atoms with Gasteiger partial charge < -0.3 is 4.74 Å². The van der Waals surface area contributed by atoms with E-state index in [4.69, 9.17) is 9.29 Å². The predicted octanol–water partition coefficient (Wildman–Crippen LogP) is 4.87. The van der Waals surface area contributed by atoms with Gasteiger partial charge in [0.15, 0.2) is 6.29 Å². The summed E-state index contributed by atoms with van der Waals surface area (Å²) in [4.78, 5) is 0. The van der Waals surface area contributed by atoms with Gasteiger partial charge in [-0.15, -0.1) is 0 Å². The molecule has 5 nitrogen and oxygen atoms in total. The first kappa shape index (κ1) is 21.8. The summed E-state index contributed by atoms with van der Waals surface area (Å²) in [7, 11) is -4.44. The quantitative estimate of drug-likeness (QED) is 0.247. The van der Waals surface area contributed by atoms with Gasteiger partial charge in [0.05, 0.1) is 0 Å². The van der Waals surface area contributed by atoms with Crippen LogP contribution < -0.4 is 0 Å². The molecular weight excluding hydrogens is 304 g/mol. The van der Waals surface area contributed by atoms with Gasteiger partial charge in [-0.1, -0.05) is 71.1 Å². The van der Waals surface area contributed by atoms with Crippen molar-refractivity contribution in [3.8, 4) is 0 Å². The van der Waals surface area contributed by atoms with Gasteiger partial charge in [-0.3, -0.25) is 4.55 Å². The molecule has 0 aliphatic carbocycles. The van der Waals surface area contributed by atoms with Gasteiger partial charge in [-0.2, -0.15) is 8.42 Å². The first-order valence-electron chi connectivity index (χ1n) is 8.77. The molecule has 0 saturated heterocycles. The Morgan fingerprint density at radius 1 is 0.818 bits per heavy atom. The van der Waals surface area contributed by atoms with Crippen LogP contribution in [0.2, 0.25) is 0 Å². The van der Waals surface area contributed by atoms with Crippen molar-refractivity contribution in [2.45, 2.75) is 97.2 Å². The summed E-state index contributed by atoms with van der Waals surface area (Å²) in [6.07, 6.45) is 13.2. The van der Waals surface area contributed by atoms with Crippen LogP contribution in [0.15, 0.2) is 0 Å². The minimum atomic E-state index is -4.44. The molecule has 0 fully saturated rings. The Balaban J connectivity index is 3.46. The van der Waals surface area contributed by atoms with E-state index in [2.05, 4.69) is 11.1 Å². The highest BCUT2D eigenvalue weighted by Crippen LogP contribution is 2.14. The number of hydrogen-bond donors (Lipinski definition) is 1. The molecule has 6 heteroatoms. The average Bonchev–Trinajstić information content (AvgIpc) is 2.43. The molecule has 0 bridgehead atoms. The maximum absolute atomic E-state index is 10.7. The molecule has 0 aromatic rings. The molecule has 1 unspecified atom stereocenters. The molecule has 134 valence electrons. The Morgan fingerprint density at radius 3 is 1.68 bits per heavy atom. The van der Waals surface area contributed by atoms with Crippen LogP contribution in [0.25, 0.3) is 0 Å². The first-order valence-corrected chi connectivity index (χ1v) is 10.1. The van der Waals surface area contributed by atoms with Crippen LogP contribution in [0.1, 0.15) is 90.9 Å². The van der Waals surface area contributed by atoms with E-state index in [9.17, 15) is 8.42 Å². The van der Waals surface area contributed by atoms with Crippen LogP contribution >= 0.6 is 0 Å². The van der Waals surface area contributed by atoms with Gasteiger partial charge in [0.2, 0.25) is 0 Å². The fraction of sp³-hybridized carbons (Fsp3) is 1.00. The Morgan fingerprint density at radius 2 is 1.27 bits per heavy atom. The van der Waals surface area contributed by atoms with Crippen molar-refractivity contribution in [3.63, 3.8) is 0 Å². The molecule has 0 aliphatic rings. The van der Waals surface area contributed by atoms with Crippen LogP contribution in [0.5, 0.6) is 0 Å². The van der Waals surface area contributed by atoms with Crippen molar-refractivity contribution >= 4 is 10.4 Å². The maximum Gasteiger partial charge on any atom is 0.399 e. The lowest BCUT2D eigenvalue weighted by atomic mass is 10.1. The van der Waals surface area contributed by atoms with Crippen LogP contribution in [-0.2, 0) is 19.3 Å². The second-order valence-electron chi connectivity index (χ2n) is 5.73. The molecule has 22 heavy (non-hydrogen) atoms. The van der Waals surface area contributed by atoms with Gasteiger partial charge in [-0.25, -0.2) is 4.18 Å². The van der Waals surface area contributed by atoms with Crippen LogP contribution in [0, 0.1) is 0 Å². The number of ether oxygens (including phenoxy) is 1. The Hall–Kier alpha value is -0.170. The van der Waals surface area contributed by atoms with E-state index in [0.29, 0.717) is 13.0 Å². The third-order valence-electron chi connectivity index (χ3n) is 3.62. The van der Waals surface area contributed by atoms with Crippen molar-refractivity contribution in [1.82, 2.24) is 0 Å². The minimum absolute atomic E-state index is 0.359. The highest BCUT2D eigenvalue weighted by Gasteiger charge is 2.16. The fourth-order valence-electron chi connectivity index (χ4n) is 2.46. The van der Waals surface area contributed by atoms with E-state index < -0.39 is 16.7 Å². The average molecular weight is 339 g/mol. The fourth-order valence-corrected chi connectivity index (χ4v) is 2.88. The number of rotatable bonds is 16. The molecule has 0 saturated carbocycles. The first-order chi connectivity index (χ1) is 10.5. The van der Waals surface area contributed by atoms with E-state index in [1.807, 2.05) is 0 Å². The summed E-state index contributed by atoms with van der Waals surface area (Å²) in [6, 6.07) is 0. The summed E-state index contributed by atoms with van der Waals surface area (Å²) in [5, 5.41) is 0. The lowest BCUT2D eigenvalue weighted by Crippen LogP contribution is -2.21. The molecule has 0 spiro atoms. The molecule has 0 aliphatic heterocycles. The van der Waals surface area contributed by atoms with Gasteiger partial charge in [0, 0.05) is 6.61 Å². The Kier molecular flexibility index (Phi) is 14.3. The van der Waals surface area contributed by atoms with Gasteiger partial charge >= 0.3 is 10.4 Å². The SMILES string of the molecule is CCCCCCCCCCCCCC(OCC)OS(=O)(=O)O. The molecule has 0 radical (unpaired) electrons. The van der Waals surface area contributed by atoms with E-state index in [1.54, 1.807) is 6.92 Å².